The van der Waals surface area contributed by atoms with Crippen LogP contribution in [0, 0.1) is 23.3 Å². The van der Waals surface area contributed by atoms with Crippen molar-refractivity contribution in [2.24, 2.45) is 0 Å². The molecular weight excluding hydrogens is 354 g/mol. The number of carbonyl (C=O) groups is 2. The van der Waals surface area contributed by atoms with Gasteiger partial charge in [0, 0.05) is 10.9 Å². The van der Waals surface area contributed by atoms with Gasteiger partial charge in [-0.2, -0.15) is 0 Å². The van der Waals surface area contributed by atoms with Crippen LogP contribution in [-0.4, -0.2) is 23.3 Å². The number of hydrogen-bond donors (Lipinski definition) is 3. The molecule has 0 fully saturated rings. The fourth-order valence-corrected chi connectivity index (χ4v) is 2.30. The highest BCUT2D eigenvalue weighted by Gasteiger charge is 2.16. The molecule has 0 aliphatic rings. The molecule has 3 aromatic rings. The fourth-order valence-electron chi connectivity index (χ4n) is 2.30. The van der Waals surface area contributed by atoms with Crippen molar-refractivity contribution in [1.29, 1.82) is 0 Å². The number of rotatable bonds is 4. The summed E-state index contributed by atoms with van der Waals surface area (Å²) in [6.45, 7) is -0.541. The number of carbonyl (C=O) groups excluding carboxylic acids is 2. The van der Waals surface area contributed by atoms with Gasteiger partial charge in [-0.1, -0.05) is 0 Å². The topological polar surface area (TPSA) is 74.0 Å². The molecule has 134 valence electrons. The number of hydrogen-bond acceptors (Lipinski definition) is 2. The molecule has 0 spiro atoms. The SMILES string of the molecule is O=C(CNC(=O)c1cc2cc(F)ccc2[nH]1)Nc1ccc(F)c(F)c1F. The minimum absolute atomic E-state index is 0.0948. The van der Waals surface area contributed by atoms with E-state index >= 15 is 0 Å². The van der Waals surface area contributed by atoms with Crippen molar-refractivity contribution in [1.82, 2.24) is 10.3 Å². The molecule has 0 radical (unpaired) electrons. The Kier molecular flexibility index (Phi) is 4.61. The van der Waals surface area contributed by atoms with Gasteiger partial charge in [-0.25, -0.2) is 17.6 Å². The zero-order valence-electron chi connectivity index (χ0n) is 13.0. The van der Waals surface area contributed by atoms with Gasteiger partial charge < -0.3 is 15.6 Å². The summed E-state index contributed by atoms with van der Waals surface area (Å²) in [6.07, 6.45) is 0. The molecule has 1 heterocycles. The third-order valence-electron chi connectivity index (χ3n) is 3.55. The van der Waals surface area contributed by atoms with Gasteiger partial charge in [0.25, 0.3) is 5.91 Å². The third kappa shape index (κ3) is 3.51. The maximum atomic E-state index is 13.5. The van der Waals surface area contributed by atoms with E-state index in [0.29, 0.717) is 17.0 Å². The minimum atomic E-state index is -1.71. The van der Waals surface area contributed by atoms with E-state index in [1.807, 2.05) is 5.32 Å². The van der Waals surface area contributed by atoms with Crippen LogP contribution in [0.5, 0.6) is 0 Å². The van der Waals surface area contributed by atoms with Gasteiger partial charge in [-0.05, 0) is 36.4 Å². The second kappa shape index (κ2) is 6.87. The highest BCUT2D eigenvalue weighted by molar-refractivity contribution is 6.01. The van der Waals surface area contributed by atoms with E-state index in [0.717, 1.165) is 6.07 Å². The van der Waals surface area contributed by atoms with Crippen LogP contribution in [0.3, 0.4) is 0 Å². The third-order valence-corrected chi connectivity index (χ3v) is 3.55. The minimum Gasteiger partial charge on any atom is -0.351 e. The van der Waals surface area contributed by atoms with Crippen LogP contribution in [0.4, 0.5) is 23.2 Å². The van der Waals surface area contributed by atoms with Gasteiger partial charge in [0.05, 0.1) is 12.2 Å². The molecule has 0 aliphatic heterocycles. The summed E-state index contributed by atoms with van der Waals surface area (Å²) in [5, 5.41) is 4.77. The van der Waals surface area contributed by atoms with Crippen molar-refractivity contribution in [3.63, 3.8) is 0 Å². The number of anilines is 1. The number of aromatic amines is 1. The summed E-state index contributed by atoms with van der Waals surface area (Å²) in [5.74, 6) is -6.59. The van der Waals surface area contributed by atoms with Crippen LogP contribution >= 0.6 is 0 Å². The molecule has 0 saturated carbocycles. The maximum absolute atomic E-state index is 13.5. The van der Waals surface area contributed by atoms with Crippen LogP contribution in [0.25, 0.3) is 10.9 Å². The summed E-state index contributed by atoms with van der Waals surface area (Å²) in [7, 11) is 0. The molecule has 3 rings (SSSR count). The quantitative estimate of drug-likeness (QED) is 0.491. The van der Waals surface area contributed by atoms with Gasteiger partial charge in [0.2, 0.25) is 5.91 Å². The summed E-state index contributed by atoms with van der Waals surface area (Å²) in [4.78, 5) is 26.5. The van der Waals surface area contributed by atoms with Crippen molar-refractivity contribution in [3.05, 3.63) is 65.4 Å². The van der Waals surface area contributed by atoms with E-state index in [2.05, 4.69) is 10.3 Å². The molecule has 9 heteroatoms. The van der Waals surface area contributed by atoms with E-state index < -0.39 is 47.3 Å². The first-order chi connectivity index (χ1) is 12.3. The first kappa shape index (κ1) is 17.5. The van der Waals surface area contributed by atoms with Crippen LogP contribution in [0.15, 0.2) is 36.4 Å². The van der Waals surface area contributed by atoms with Crippen molar-refractivity contribution >= 4 is 28.4 Å². The number of amides is 2. The Morgan fingerprint density at radius 3 is 2.50 bits per heavy atom. The van der Waals surface area contributed by atoms with Crippen LogP contribution in [0.2, 0.25) is 0 Å². The van der Waals surface area contributed by atoms with E-state index in [-0.39, 0.29) is 5.69 Å². The smallest absolute Gasteiger partial charge is 0.268 e. The second-order valence-electron chi connectivity index (χ2n) is 5.37. The van der Waals surface area contributed by atoms with E-state index in [1.165, 1.54) is 24.3 Å². The second-order valence-corrected chi connectivity index (χ2v) is 5.37. The Balaban J connectivity index is 1.63. The zero-order valence-corrected chi connectivity index (χ0v) is 13.0. The molecule has 2 amide bonds. The molecular formula is C17H11F4N3O2. The largest absolute Gasteiger partial charge is 0.351 e. The number of halogens is 4. The van der Waals surface area contributed by atoms with Crippen LogP contribution in [-0.2, 0) is 4.79 Å². The van der Waals surface area contributed by atoms with Gasteiger partial charge in [-0.15, -0.1) is 0 Å². The van der Waals surface area contributed by atoms with E-state index in [4.69, 9.17) is 0 Å². The van der Waals surface area contributed by atoms with Gasteiger partial charge in [0.15, 0.2) is 17.5 Å². The molecule has 0 bridgehead atoms. The van der Waals surface area contributed by atoms with Crippen LogP contribution in [0.1, 0.15) is 10.5 Å². The predicted octanol–water partition coefficient (Wildman–Crippen LogP) is 3.09. The number of fused-ring (bicyclic) bond motifs is 1. The average molecular weight is 365 g/mol. The maximum Gasteiger partial charge on any atom is 0.268 e. The first-order valence-corrected chi connectivity index (χ1v) is 7.35. The normalized spacial score (nSPS) is 10.8. The molecule has 0 saturated heterocycles. The Hall–Kier alpha value is -3.36. The molecule has 0 atom stereocenters. The first-order valence-electron chi connectivity index (χ1n) is 7.35. The molecule has 2 aromatic carbocycles. The lowest BCUT2D eigenvalue weighted by Crippen LogP contribution is -2.33. The molecule has 0 aliphatic carbocycles. The fraction of sp³-hybridized carbons (Fsp3) is 0.0588. The Morgan fingerprint density at radius 2 is 1.73 bits per heavy atom. The molecule has 26 heavy (non-hydrogen) atoms. The van der Waals surface area contributed by atoms with Crippen molar-refractivity contribution in [3.8, 4) is 0 Å². The number of nitrogens with one attached hydrogen (secondary N) is 3. The number of H-pyrrole nitrogens is 1. The Labute approximate surface area is 144 Å². The standard InChI is InChI=1S/C17H11F4N3O2/c18-9-1-3-11-8(5-9)6-13(23-11)17(26)22-7-14(25)24-12-4-2-10(19)15(20)16(12)21/h1-6,23H,7H2,(H,22,26)(H,24,25). The Bertz CT molecular complexity index is 1020. The highest BCUT2D eigenvalue weighted by Crippen LogP contribution is 2.19. The number of aromatic nitrogens is 1. The zero-order chi connectivity index (χ0) is 18.8. The molecule has 1 aromatic heterocycles. The Morgan fingerprint density at radius 1 is 0.962 bits per heavy atom. The molecule has 5 nitrogen and oxygen atoms in total. The summed E-state index contributed by atoms with van der Waals surface area (Å²) < 4.78 is 52.6. The number of benzene rings is 2. The van der Waals surface area contributed by atoms with Crippen molar-refractivity contribution in [2.45, 2.75) is 0 Å². The molecule has 3 N–H and O–H groups in total. The highest BCUT2D eigenvalue weighted by atomic mass is 19.2. The summed E-state index contributed by atoms with van der Waals surface area (Å²) in [6, 6.07) is 6.85. The average Bonchev–Trinajstić information content (AvgIpc) is 3.03. The lowest BCUT2D eigenvalue weighted by Gasteiger charge is -2.08. The van der Waals surface area contributed by atoms with Gasteiger partial charge in [-0.3, -0.25) is 9.59 Å². The van der Waals surface area contributed by atoms with Crippen molar-refractivity contribution < 1.29 is 27.2 Å². The summed E-state index contributed by atoms with van der Waals surface area (Å²) >= 11 is 0. The van der Waals surface area contributed by atoms with Gasteiger partial charge in [0.1, 0.15) is 11.5 Å². The predicted molar refractivity (Wildman–Crippen MR) is 85.5 cm³/mol. The monoisotopic (exact) mass is 365 g/mol. The lowest BCUT2D eigenvalue weighted by atomic mass is 10.2. The van der Waals surface area contributed by atoms with E-state index in [1.54, 1.807) is 0 Å². The summed E-state index contributed by atoms with van der Waals surface area (Å²) in [5.41, 5.74) is 0.0755. The van der Waals surface area contributed by atoms with Crippen molar-refractivity contribution in [2.75, 3.05) is 11.9 Å². The van der Waals surface area contributed by atoms with Gasteiger partial charge >= 0.3 is 0 Å². The lowest BCUT2D eigenvalue weighted by molar-refractivity contribution is -0.115. The van der Waals surface area contributed by atoms with Crippen LogP contribution < -0.4 is 10.6 Å². The van der Waals surface area contributed by atoms with E-state index in [9.17, 15) is 27.2 Å². The molecule has 0 unspecified atom stereocenters.